The van der Waals surface area contributed by atoms with Crippen molar-refractivity contribution in [3.63, 3.8) is 0 Å². The summed E-state index contributed by atoms with van der Waals surface area (Å²) < 4.78 is 5.40. The Labute approximate surface area is 176 Å². The second-order valence-electron chi connectivity index (χ2n) is 7.96. The molecule has 1 N–H and O–H groups in total. The van der Waals surface area contributed by atoms with Crippen molar-refractivity contribution in [2.75, 3.05) is 12.4 Å². The maximum Gasteiger partial charge on any atom is 0.258 e. The van der Waals surface area contributed by atoms with Crippen LogP contribution in [0.5, 0.6) is 5.75 Å². The van der Waals surface area contributed by atoms with E-state index >= 15 is 0 Å². The Morgan fingerprint density at radius 3 is 2.73 bits per heavy atom. The number of para-hydroxylation sites is 1. The first-order valence-corrected chi connectivity index (χ1v) is 10.4. The number of likely N-dealkylation sites (tertiary alicyclic amines) is 1. The predicted molar refractivity (Wildman–Crippen MR) is 113 cm³/mol. The molecule has 0 bridgehead atoms. The minimum atomic E-state index is -0.541. The second kappa shape index (κ2) is 8.58. The van der Waals surface area contributed by atoms with E-state index in [2.05, 4.69) is 11.4 Å². The largest absolute Gasteiger partial charge is 0.496 e. The van der Waals surface area contributed by atoms with Crippen molar-refractivity contribution in [2.45, 2.75) is 44.2 Å². The molecule has 0 radical (unpaired) electrons. The van der Waals surface area contributed by atoms with E-state index < -0.39 is 6.04 Å². The summed E-state index contributed by atoms with van der Waals surface area (Å²) in [4.78, 5) is 28.6. The third-order valence-corrected chi connectivity index (χ3v) is 6.22. The second-order valence-corrected chi connectivity index (χ2v) is 7.96. The van der Waals surface area contributed by atoms with Crippen LogP contribution in [0.25, 0.3) is 0 Å². The third kappa shape index (κ3) is 3.76. The van der Waals surface area contributed by atoms with Gasteiger partial charge in [-0.3, -0.25) is 9.59 Å². The molecule has 1 aliphatic carbocycles. The fourth-order valence-electron chi connectivity index (χ4n) is 4.84. The number of carbonyl (C=O) groups is 2. The van der Waals surface area contributed by atoms with Gasteiger partial charge < -0.3 is 15.0 Å². The van der Waals surface area contributed by atoms with Gasteiger partial charge in [0.2, 0.25) is 5.91 Å². The smallest absolute Gasteiger partial charge is 0.258 e. The maximum absolute atomic E-state index is 13.6. The van der Waals surface area contributed by atoms with Gasteiger partial charge in [-0.15, -0.1) is 0 Å². The monoisotopic (exact) mass is 403 g/mol. The van der Waals surface area contributed by atoms with Gasteiger partial charge >= 0.3 is 0 Å². The topological polar surface area (TPSA) is 82.4 Å². The number of hydrogen-bond donors (Lipinski definition) is 1. The van der Waals surface area contributed by atoms with Crippen LogP contribution in [0.15, 0.2) is 48.5 Å². The lowest BCUT2D eigenvalue weighted by Crippen LogP contribution is -2.48. The minimum Gasteiger partial charge on any atom is -0.496 e. The number of nitrogens with one attached hydrogen (secondary N) is 1. The van der Waals surface area contributed by atoms with Crippen LogP contribution in [0.3, 0.4) is 0 Å². The van der Waals surface area contributed by atoms with Gasteiger partial charge in [0.1, 0.15) is 11.8 Å². The molecule has 3 atom stereocenters. The van der Waals surface area contributed by atoms with E-state index in [0.717, 1.165) is 25.7 Å². The molecular formula is C24H25N3O3. The molecule has 4 rings (SSSR count). The van der Waals surface area contributed by atoms with E-state index in [1.165, 1.54) is 0 Å². The first-order valence-electron chi connectivity index (χ1n) is 10.4. The number of rotatable bonds is 4. The van der Waals surface area contributed by atoms with Crippen LogP contribution >= 0.6 is 0 Å². The number of fused-ring (bicyclic) bond motifs is 1. The van der Waals surface area contributed by atoms with Gasteiger partial charge in [-0.25, -0.2) is 0 Å². The van der Waals surface area contributed by atoms with Crippen molar-refractivity contribution < 1.29 is 14.3 Å². The fraction of sp³-hybridized carbons (Fsp3) is 0.375. The molecule has 2 aromatic carbocycles. The molecule has 0 spiro atoms. The van der Waals surface area contributed by atoms with Gasteiger partial charge in [0.15, 0.2) is 0 Å². The fourth-order valence-corrected chi connectivity index (χ4v) is 4.84. The first-order chi connectivity index (χ1) is 14.6. The molecule has 1 aliphatic heterocycles. The highest BCUT2D eigenvalue weighted by Gasteiger charge is 2.47. The molecule has 2 aromatic rings. The van der Waals surface area contributed by atoms with Gasteiger partial charge in [0.25, 0.3) is 5.91 Å². The maximum atomic E-state index is 13.6. The summed E-state index contributed by atoms with van der Waals surface area (Å²) >= 11 is 0. The summed E-state index contributed by atoms with van der Waals surface area (Å²) in [7, 11) is 1.55. The molecule has 6 heteroatoms. The summed E-state index contributed by atoms with van der Waals surface area (Å²) in [5.41, 5.74) is 1.53. The molecule has 3 unspecified atom stereocenters. The normalized spacial score (nSPS) is 22.7. The summed E-state index contributed by atoms with van der Waals surface area (Å²) in [6, 6.07) is 15.6. The number of anilines is 1. The van der Waals surface area contributed by atoms with Crippen LogP contribution in [0.2, 0.25) is 0 Å². The molecule has 6 nitrogen and oxygen atoms in total. The van der Waals surface area contributed by atoms with Crippen molar-refractivity contribution in [3.05, 3.63) is 59.7 Å². The lowest BCUT2D eigenvalue weighted by Gasteiger charge is -2.34. The highest BCUT2D eigenvalue weighted by Crippen LogP contribution is 2.41. The van der Waals surface area contributed by atoms with Crippen LogP contribution in [0, 0.1) is 17.2 Å². The Morgan fingerprint density at radius 1 is 1.13 bits per heavy atom. The molecular weight excluding hydrogens is 378 g/mol. The van der Waals surface area contributed by atoms with Crippen LogP contribution in [-0.2, 0) is 4.79 Å². The van der Waals surface area contributed by atoms with Gasteiger partial charge in [0, 0.05) is 11.7 Å². The van der Waals surface area contributed by atoms with Gasteiger partial charge in [-0.2, -0.15) is 5.26 Å². The number of methoxy groups -OCH3 is 1. The number of benzene rings is 2. The molecule has 2 fully saturated rings. The van der Waals surface area contributed by atoms with Crippen molar-refractivity contribution in [2.24, 2.45) is 5.92 Å². The predicted octanol–water partition coefficient (Wildman–Crippen LogP) is 3.98. The lowest BCUT2D eigenvalue weighted by molar-refractivity contribution is -0.120. The average Bonchev–Trinajstić information content (AvgIpc) is 3.18. The van der Waals surface area contributed by atoms with E-state index in [1.54, 1.807) is 48.4 Å². The van der Waals surface area contributed by atoms with Crippen molar-refractivity contribution in [3.8, 4) is 11.8 Å². The Balaban J connectivity index is 1.64. The molecule has 1 saturated heterocycles. The number of carbonyl (C=O) groups excluding carboxylic acids is 2. The zero-order valence-electron chi connectivity index (χ0n) is 17.0. The van der Waals surface area contributed by atoms with E-state index in [9.17, 15) is 9.59 Å². The Kier molecular flexibility index (Phi) is 5.71. The highest BCUT2D eigenvalue weighted by atomic mass is 16.5. The van der Waals surface area contributed by atoms with Crippen LogP contribution in [0.4, 0.5) is 5.69 Å². The number of nitriles is 1. The molecule has 0 aromatic heterocycles. The molecule has 30 heavy (non-hydrogen) atoms. The Morgan fingerprint density at radius 2 is 1.93 bits per heavy atom. The summed E-state index contributed by atoms with van der Waals surface area (Å²) in [5, 5.41) is 12.0. The number of hydrogen-bond acceptors (Lipinski definition) is 4. The third-order valence-electron chi connectivity index (χ3n) is 6.22. The van der Waals surface area contributed by atoms with E-state index in [1.807, 2.05) is 12.1 Å². The van der Waals surface area contributed by atoms with Crippen molar-refractivity contribution in [1.82, 2.24) is 4.90 Å². The Hall–Kier alpha value is -3.33. The van der Waals surface area contributed by atoms with E-state index in [0.29, 0.717) is 34.9 Å². The Bertz CT molecular complexity index is 997. The quantitative estimate of drug-likeness (QED) is 0.837. The highest BCUT2D eigenvalue weighted by molar-refractivity contribution is 6.03. The van der Waals surface area contributed by atoms with Crippen molar-refractivity contribution in [1.29, 1.82) is 5.26 Å². The molecule has 154 valence electrons. The zero-order chi connectivity index (χ0) is 21.1. The summed E-state index contributed by atoms with van der Waals surface area (Å²) in [6.45, 7) is 0. The minimum absolute atomic E-state index is 0.0670. The lowest BCUT2D eigenvalue weighted by atomic mass is 9.84. The van der Waals surface area contributed by atoms with Crippen LogP contribution < -0.4 is 10.1 Å². The summed E-state index contributed by atoms with van der Waals surface area (Å²) in [6.07, 6.45) is 4.81. The van der Waals surface area contributed by atoms with E-state index in [-0.39, 0.29) is 17.9 Å². The first kappa shape index (κ1) is 20.0. The van der Waals surface area contributed by atoms with E-state index in [4.69, 9.17) is 10.00 Å². The molecule has 2 amide bonds. The van der Waals surface area contributed by atoms with Gasteiger partial charge in [-0.05, 0) is 55.5 Å². The standard InChI is InChI=1S/C24H25N3O3/c1-30-22-12-5-3-10-19(22)24(29)27-20-11-4-2-8-17(20)14-21(27)23(28)26-18-9-6-7-16(13-18)15-25/h3,5-7,9-10,12-13,17,20-21H,2,4,8,11,14H2,1H3,(H,26,28). The van der Waals surface area contributed by atoms with Gasteiger partial charge in [-0.1, -0.05) is 31.0 Å². The van der Waals surface area contributed by atoms with Crippen molar-refractivity contribution >= 4 is 17.5 Å². The van der Waals surface area contributed by atoms with Gasteiger partial charge in [0.05, 0.1) is 24.3 Å². The van der Waals surface area contributed by atoms with Crippen LogP contribution in [-0.4, -0.2) is 35.9 Å². The molecule has 2 aliphatic rings. The zero-order valence-corrected chi connectivity index (χ0v) is 17.0. The SMILES string of the molecule is COc1ccccc1C(=O)N1C(C(=O)Nc2cccc(C#N)c2)CC2CCCCC21. The number of ether oxygens (including phenoxy) is 1. The summed E-state index contributed by atoms with van der Waals surface area (Å²) in [5.74, 6) is 0.483. The number of amides is 2. The average molecular weight is 403 g/mol. The molecule has 1 heterocycles. The molecule has 1 saturated carbocycles. The number of nitrogens with zero attached hydrogens (tertiary/aromatic N) is 2. The van der Waals surface area contributed by atoms with Crippen LogP contribution in [0.1, 0.15) is 48.0 Å².